The Hall–Kier alpha value is -2.37. The summed E-state index contributed by atoms with van der Waals surface area (Å²) in [5, 5.41) is 0. The lowest BCUT2D eigenvalue weighted by atomic mass is 10.0. The Morgan fingerprint density at radius 2 is 0.481 bits per heavy atom. The van der Waals surface area contributed by atoms with Crippen molar-refractivity contribution in [3.63, 3.8) is 0 Å². The van der Waals surface area contributed by atoms with Crippen LogP contribution in [0, 0.1) is 0 Å². The standard InChI is InChI=1S/C75H140O6/c1-4-7-10-13-16-19-22-25-27-29-31-33-34-35-36-37-38-39-40-42-43-45-47-50-53-56-59-62-65-68-74(77)80-71-72(70-79-73(76)67-64-61-58-55-52-49-24-21-18-15-12-9-6-3)81-75(78)69-66-63-60-57-54-51-48-46-44-41-32-30-28-26-23-20-17-14-11-8-5-2/h9,12,18,21,49,52,72H,4-8,10-11,13-17,19-20,22-48,50-51,53-71H2,1-3H3/b12-9-,21-18-,52-49-. The van der Waals surface area contributed by atoms with E-state index >= 15 is 0 Å². The molecule has 1 unspecified atom stereocenters. The summed E-state index contributed by atoms with van der Waals surface area (Å²) in [4.78, 5) is 38.4. The van der Waals surface area contributed by atoms with Crippen LogP contribution in [0.5, 0.6) is 0 Å². The number of unbranched alkanes of at least 4 members (excludes halogenated alkanes) is 51. The number of esters is 3. The molecule has 0 amide bonds. The number of carbonyl (C=O) groups excluding carboxylic acids is 3. The monoisotopic (exact) mass is 1140 g/mol. The van der Waals surface area contributed by atoms with E-state index in [0.29, 0.717) is 19.3 Å². The normalized spacial score (nSPS) is 12.2. The van der Waals surface area contributed by atoms with E-state index in [2.05, 4.69) is 57.2 Å². The molecule has 1 atom stereocenters. The van der Waals surface area contributed by atoms with Crippen molar-refractivity contribution in [3.05, 3.63) is 36.5 Å². The van der Waals surface area contributed by atoms with Crippen molar-refractivity contribution in [2.75, 3.05) is 13.2 Å². The lowest BCUT2D eigenvalue weighted by molar-refractivity contribution is -0.167. The van der Waals surface area contributed by atoms with E-state index in [1.807, 2.05) is 0 Å². The first kappa shape index (κ1) is 78.6. The van der Waals surface area contributed by atoms with Crippen LogP contribution in [0.2, 0.25) is 0 Å². The molecule has 0 aromatic rings. The van der Waals surface area contributed by atoms with Crippen molar-refractivity contribution in [1.82, 2.24) is 0 Å². The molecule has 0 rings (SSSR count). The average Bonchev–Trinajstić information content (AvgIpc) is 3.46. The zero-order chi connectivity index (χ0) is 58.5. The van der Waals surface area contributed by atoms with Crippen molar-refractivity contribution in [1.29, 1.82) is 0 Å². The van der Waals surface area contributed by atoms with Crippen molar-refractivity contribution in [3.8, 4) is 0 Å². The van der Waals surface area contributed by atoms with Gasteiger partial charge in [0.05, 0.1) is 0 Å². The fourth-order valence-corrected chi connectivity index (χ4v) is 11.2. The molecule has 0 aromatic carbocycles. The molecule has 6 heteroatoms. The SMILES string of the molecule is CC/C=C\C/C=C\C/C=C\CCCCCC(=O)OCC(COC(=O)CCCCCCCCCCCCCCCCCCCCCCCCCCCCCCC)OC(=O)CCCCCCCCCCCCCCCCCCCCCCC. The summed E-state index contributed by atoms with van der Waals surface area (Å²) in [7, 11) is 0. The Morgan fingerprint density at radius 1 is 0.259 bits per heavy atom. The van der Waals surface area contributed by atoms with Crippen molar-refractivity contribution in [2.24, 2.45) is 0 Å². The predicted octanol–water partition coefficient (Wildman–Crippen LogP) is 25.1. The van der Waals surface area contributed by atoms with E-state index < -0.39 is 6.10 Å². The van der Waals surface area contributed by atoms with Crippen LogP contribution in [-0.2, 0) is 28.6 Å². The van der Waals surface area contributed by atoms with Gasteiger partial charge in [-0.05, 0) is 51.4 Å². The highest BCUT2D eigenvalue weighted by Crippen LogP contribution is 2.19. The minimum absolute atomic E-state index is 0.0757. The Bertz CT molecular complexity index is 1350. The molecule has 0 fully saturated rings. The first-order valence-electron chi connectivity index (χ1n) is 36.5. The van der Waals surface area contributed by atoms with E-state index in [4.69, 9.17) is 14.2 Å². The molecular formula is C75H140O6. The number of carbonyl (C=O) groups is 3. The minimum atomic E-state index is -0.782. The van der Waals surface area contributed by atoms with Gasteiger partial charge in [0.25, 0.3) is 0 Å². The van der Waals surface area contributed by atoms with Gasteiger partial charge in [0, 0.05) is 19.3 Å². The van der Waals surface area contributed by atoms with E-state index in [1.165, 1.54) is 283 Å². The number of hydrogen-bond donors (Lipinski definition) is 0. The number of ether oxygens (including phenoxy) is 3. The van der Waals surface area contributed by atoms with Gasteiger partial charge in [-0.2, -0.15) is 0 Å². The maximum atomic E-state index is 12.9. The second kappa shape index (κ2) is 70.1. The van der Waals surface area contributed by atoms with Crippen LogP contribution in [0.15, 0.2) is 36.5 Å². The van der Waals surface area contributed by atoms with Crippen molar-refractivity contribution < 1.29 is 28.6 Å². The molecule has 81 heavy (non-hydrogen) atoms. The van der Waals surface area contributed by atoms with Crippen LogP contribution in [-0.4, -0.2) is 37.2 Å². The largest absolute Gasteiger partial charge is 0.462 e. The molecule has 0 saturated heterocycles. The molecule has 0 aromatic heterocycles. The van der Waals surface area contributed by atoms with Gasteiger partial charge in [0.1, 0.15) is 13.2 Å². The molecule has 0 radical (unpaired) electrons. The molecule has 0 N–H and O–H groups in total. The molecule has 0 aliphatic rings. The Kier molecular flexibility index (Phi) is 68.1. The van der Waals surface area contributed by atoms with Crippen LogP contribution in [0.4, 0.5) is 0 Å². The average molecular weight is 1140 g/mol. The van der Waals surface area contributed by atoms with Crippen molar-refractivity contribution in [2.45, 2.75) is 412 Å². The zero-order valence-electron chi connectivity index (χ0n) is 54.8. The van der Waals surface area contributed by atoms with Crippen molar-refractivity contribution >= 4 is 17.9 Å². The van der Waals surface area contributed by atoms with E-state index in [-0.39, 0.29) is 31.1 Å². The Balaban J connectivity index is 4.17. The summed E-state index contributed by atoms with van der Waals surface area (Å²) in [6.45, 7) is 6.59. The van der Waals surface area contributed by atoms with Crippen LogP contribution in [0.1, 0.15) is 406 Å². The Labute approximate surface area is 506 Å². The number of allylic oxidation sites excluding steroid dienone is 6. The van der Waals surface area contributed by atoms with Gasteiger partial charge >= 0.3 is 17.9 Å². The quantitative estimate of drug-likeness (QED) is 0.0261. The topological polar surface area (TPSA) is 78.9 Å². The second-order valence-corrected chi connectivity index (χ2v) is 24.8. The highest BCUT2D eigenvalue weighted by Gasteiger charge is 2.19. The highest BCUT2D eigenvalue weighted by atomic mass is 16.6. The van der Waals surface area contributed by atoms with Gasteiger partial charge in [-0.25, -0.2) is 0 Å². The second-order valence-electron chi connectivity index (χ2n) is 24.8. The lowest BCUT2D eigenvalue weighted by Crippen LogP contribution is -2.30. The van der Waals surface area contributed by atoms with E-state index in [9.17, 15) is 14.4 Å². The summed E-state index contributed by atoms with van der Waals surface area (Å²) in [6.07, 6.45) is 87.7. The fourth-order valence-electron chi connectivity index (χ4n) is 11.2. The summed E-state index contributed by atoms with van der Waals surface area (Å²) in [5.41, 5.74) is 0. The molecule has 6 nitrogen and oxygen atoms in total. The van der Waals surface area contributed by atoms with E-state index in [1.54, 1.807) is 0 Å². The van der Waals surface area contributed by atoms with Gasteiger partial charge in [-0.15, -0.1) is 0 Å². The molecule has 0 spiro atoms. The van der Waals surface area contributed by atoms with Crippen LogP contribution in [0.25, 0.3) is 0 Å². The van der Waals surface area contributed by atoms with Gasteiger partial charge < -0.3 is 14.2 Å². The third-order valence-corrected chi connectivity index (χ3v) is 16.7. The molecule has 0 bridgehead atoms. The van der Waals surface area contributed by atoms with Crippen LogP contribution < -0.4 is 0 Å². The van der Waals surface area contributed by atoms with Gasteiger partial charge in [0.2, 0.25) is 0 Å². The minimum Gasteiger partial charge on any atom is -0.462 e. The van der Waals surface area contributed by atoms with Crippen LogP contribution in [0.3, 0.4) is 0 Å². The Morgan fingerprint density at radius 3 is 0.753 bits per heavy atom. The summed E-state index contributed by atoms with van der Waals surface area (Å²) >= 11 is 0. The molecule has 0 heterocycles. The molecule has 0 aliphatic carbocycles. The van der Waals surface area contributed by atoms with Gasteiger partial charge in [-0.1, -0.05) is 372 Å². The maximum absolute atomic E-state index is 12.9. The first-order chi connectivity index (χ1) is 40.0. The molecule has 0 aliphatic heterocycles. The van der Waals surface area contributed by atoms with Gasteiger partial charge in [0.15, 0.2) is 6.10 Å². The molecule has 476 valence electrons. The van der Waals surface area contributed by atoms with E-state index in [0.717, 1.165) is 83.5 Å². The third-order valence-electron chi connectivity index (χ3n) is 16.7. The predicted molar refractivity (Wildman–Crippen MR) is 353 cm³/mol. The molecule has 0 saturated carbocycles. The molecular weight excluding hydrogens is 997 g/mol. The summed E-state index contributed by atoms with van der Waals surface area (Å²) < 4.78 is 17.0. The van der Waals surface area contributed by atoms with Gasteiger partial charge in [-0.3, -0.25) is 14.4 Å². The smallest absolute Gasteiger partial charge is 0.306 e. The van der Waals surface area contributed by atoms with Crippen LogP contribution >= 0.6 is 0 Å². The fraction of sp³-hybridized carbons (Fsp3) is 0.880. The highest BCUT2D eigenvalue weighted by molar-refractivity contribution is 5.71. The zero-order valence-corrected chi connectivity index (χ0v) is 54.8. The summed E-state index contributed by atoms with van der Waals surface area (Å²) in [6, 6.07) is 0. The first-order valence-corrected chi connectivity index (χ1v) is 36.5. The third kappa shape index (κ3) is 68.3. The summed E-state index contributed by atoms with van der Waals surface area (Å²) in [5.74, 6) is -0.876. The maximum Gasteiger partial charge on any atom is 0.306 e. The lowest BCUT2D eigenvalue weighted by Gasteiger charge is -2.18. The number of hydrogen-bond acceptors (Lipinski definition) is 6. The number of rotatable bonds is 68.